The molecule has 0 spiro atoms. The van der Waals surface area contributed by atoms with Crippen molar-refractivity contribution in [3.8, 4) is 5.75 Å². The molecule has 3 nitrogen and oxygen atoms in total. The van der Waals surface area contributed by atoms with Gasteiger partial charge >= 0.3 is 33.4 Å². The van der Waals surface area contributed by atoms with E-state index in [1.807, 2.05) is 55.5 Å². The van der Waals surface area contributed by atoms with Crippen molar-refractivity contribution in [2.24, 2.45) is 0 Å². The van der Waals surface area contributed by atoms with Crippen LogP contribution in [0.25, 0.3) is 0 Å². The van der Waals surface area contributed by atoms with Crippen molar-refractivity contribution in [2.75, 3.05) is 0 Å². The maximum Gasteiger partial charge on any atom is 0.460 e. The molecule has 0 N–H and O–H groups in total. The van der Waals surface area contributed by atoms with Crippen LogP contribution in [0.1, 0.15) is 46.1 Å². The van der Waals surface area contributed by atoms with Gasteiger partial charge in [0.15, 0.2) is 0 Å². The van der Waals surface area contributed by atoms with E-state index in [1.54, 1.807) is 0 Å². The number of alkyl halides is 9. The van der Waals surface area contributed by atoms with Gasteiger partial charge in [0.1, 0.15) is 5.75 Å². The van der Waals surface area contributed by atoms with Gasteiger partial charge in [-0.2, -0.15) is 47.9 Å². The van der Waals surface area contributed by atoms with E-state index in [0.29, 0.717) is 5.56 Å². The molecule has 0 unspecified atom stereocenters. The van der Waals surface area contributed by atoms with Crippen LogP contribution in [0.15, 0.2) is 72.8 Å². The Hall–Kier alpha value is -3.22. The van der Waals surface area contributed by atoms with Crippen molar-refractivity contribution in [2.45, 2.75) is 54.9 Å². The second kappa shape index (κ2) is 10.0. The van der Waals surface area contributed by atoms with Gasteiger partial charge in [0, 0.05) is 5.92 Å². The molecular formula is C27H21F9O3S. The fraction of sp³-hybridized carbons (Fsp3) is 0.333. The SMILES string of the molecule is Cc1ccc2c(c1)CC[C@H](c1ccccc1)[C@@H]2c1ccc(OS(=O)(=O)C(F)(F)C(F)(F)C(F)(F)C(F)(F)F)cc1. The molecule has 0 aromatic heterocycles. The van der Waals surface area contributed by atoms with E-state index in [1.165, 1.54) is 12.1 Å². The van der Waals surface area contributed by atoms with Crippen molar-refractivity contribution in [3.63, 3.8) is 0 Å². The number of halogens is 9. The van der Waals surface area contributed by atoms with Crippen LogP contribution in [-0.2, 0) is 16.5 Å². The zero-order valence-electron chi connectivity index (χ0n) is 20.5. The molecule has 13 heteroatoms. The van der Waals surface area contributed by atoms with Gasteiger partial charge in [-0.05, 0) is 60.1 Å². The van der Waals surface area contributed by atoms with Crippen LogP contribution in [0, 0.1) is 6.92 Å². The highest BCUT2D eigenvalue weighted by atomic mass is 32.2. The first-order chi connectivity index (χ1) is 18.4. The highest BCUT2D eigenvalue weighted by molar-refractivity contribution is 7.88. The lowest BCUT2D eigenvalue weighted by atomic mass is 9.69. The predicted molar refractivity (Wildman–Crippen MR) is 127 cm³/mol. The molecule has 0 amide bonds. The van der Waals surface area contributed by atoms with Crippen LogP contribution in [0.2, 0.25) is 0 Å². The molecule has 0 bridgehead atoms. The first-order valence-corrected chi connectivity index (χ1v) is 13.2. The van der Waals surface area contributed by atoms with Crippen molar-refractivity contribution in [3.05, 3.63) is 101 Å². The van der Waals surface area contributed by atoms with Crippen LogP contribution >= 0.6 is 0 Å². The molecule has 0 heterocycles. The molecule has 2 atom stereocenters. The second-order valence-electron chi connectivity index (χ2n) is 9.51. The number of fused-ring (bicyclic) bond motifs is 1. The lowest BCUT2D eigenvalue weighted by Crippen LogP contribution is -2.63. The maximum atomic E-state index is 14.1. The summed E-state index contributed by atoms with van der Waals surface area (Å²) in [6.45, 7) is 1.93. The quantitative estimate of drug-likeness (QED) is 0.205. The van der Waals surface area contributed by atoms with Gasteiger partial charge in [-0.25, -0.2) is 0 Å². The molecule has 0 aliphatic heterocycles. The standard InChI is InChI=1S/C27H21F9O3S/c1-16-7-13-22-19(15-16)10-14-21(17-5-3-2-4-6-17)23(22)18-8-11-20(12-9-18)39-40(37,38)27(35,36)25(30,31)24(28,29)26(32,33)34/h2-9,11-13,15,21,23H,10,14H2,1H3/t21-,23+/m1/s1. The molecule has 4 rings (SSSR count). The van der Waals surface area contributed by atoms with Crippen molar-refractivity contribution in [1.29, 1.82) is 0 Å². The van der Waals surface area contributed by atoms with E-state index in [-0.39, 0.29) is 11.8 Å². The molecule has 3 aromatic carbocycles. The van der Waals surface area contributed by atoms with Gasteiger partial charge in [-0.3, -0.25) is 0 Å². The molecule has 216 valence electrons. The Morgan fingerprint density at radius 3 is 1.93 bits per heavy atom. The third-order valence-corrected chi connectivity index (χ3v) is 8.16. The van der Waals surface area contributed by atoms with E-state index in [4.69, 9.17) is 0 Å². The van der Waals surface area contributed by atoms with Crippen molar-refractivity contribution < 1.29 is 52.1 Å². The number of hydrogen-bond acceptors (Lipinski definition) is 3. The minimum atomic E-state index is -7.37. The zero-order chi connectivity index (χ0) is 29.7. The summed E-state index contributed by atoms with van der Waals surface area (Å²) in [4.78, 5) is 0. The molecule has 1 aliphatic carbocycles. The Kier molecular flexibility index (Phi) is 7.44. The Morgan fingerprint density at radius 1 is 0.750 bits per heavy atom. The van der Waals surface area contributed by atoms with Gasteiger partial charge in [0.05, 0.1) is 0 Å². The van der Waals surface area contributed by atoms with Crippen LogP contribution < -0.4 is 4.18 Å². The molecule has 3 aromatic rings. The van der Waals surface area contributed by atoms with Gasteiger partial charge in [-0.15, -0.1) is 0 Å². The fourth-order valence-electron chi connectivity index (χ4n) is 4.85. The number of aryl methyl sites for hydroxylation is 2. The topological polar surface area (TPSA) is 43.4 Å². The average Bonchev–Trinajstić information content (AvgIpc) is 2.87. The van der Waals surface area contributed by atoms with Gasteiger partial charge in [-0.1, -0.05) is 66.2 Å². The summed E-state index contributed by atoms with van der Waals surface area (Å²) >= 11 is 0. The summed E-state index contributed by atoms with van der Waals surface area (Å²) in [7, 11) is -7.02. The monoisotopic (exact) mass is 596 g/mol. The maximum absolute atomic E-state index is 14.1. The predicted octanol–water partition coefficient (Wildman–Crippen LogP) is 7.99. The largest absolute Gasteiger partial charge is 0.460 e. The molecule has 0 saturated heterocycles. The van der Waals surface area contributed by atoms with Crippen LogP contribution in [0.3, 0.4) is 0 Å². The molecular weight excluding hydrogens is 575 g/mol. The average molecular weight is 597 g/mol. The minimum Gasteiger partial charge on any atom is -0.378 e. The first-order valence-electron chi connectivity index (χ1n) is 11.8. The van der Waals surface area contributed by atoms with Gasteiger partial charge in [0.25, 0.3) is 0 Å². The van der Waals surface area contributed by atoms with Crippen molar-refractivity contribution in [1.82, 2.24) is 0 Å². The Balaban J connectivity index is 1.68. The van der Waals surface area contributed by atoms with E-state index < -0.39 is 39.1 Å². The summed E-state index contributed by atoms with van der Waals surface area (Å²) in [5.74, 6) is -16.1. The normalized spacial score (nSPS) is 18.8. The Bertz CT molecular complexity index is 1470. The minimum absolute atomic E-state index is 0.0560. The molecule has 0 fully saturated rings. The van der Waals surface area contributed by atoms with Crippen LogP contribution in [0.4, 0.5) is 39.5 Å². The number of benzene rings is 3. The second-order valence-corrected chi connectivity index (χ2v) is 11.1. The third-order valence-electron chi connectivity index (χ3n) is 6.86. The molecule has 40 heavy (non-hydrogen) atoms. The van der Waals surface area contributed by atoms with Crippen molar-refractivity contribution >= 4 is 10.1 Å². The number of rotatable bonds is 7. The third kappa shape index (κ3) is 4.92. The van der Waals surface area contributed by atoms with Crippen LogP contribution in [0.5, 0.6) is 5.75 Å². The highest BCUT2D eigenvalue weighted by Crippen LogP contribution is 2.55. The molecule has 0 saturated carbocycles. The lowest BCUT2D eigenvalue weighted by molar-refractivity contribution is -0.382. The lowest BCUT2D eigenvalue weighted by Gasteiger charge is -2.35. The fourth-order valence-corrected chi connectivity index (χ4v) is 5.76. The van der Waals surface area contributed by atoms with Gasteiger partial charge in [0.2, 0.25) is 0 Å². The summed E-state index contributed by atoms with van der Waals surface area (Å²) < 4.78 is 147. The summed E-state index contributed by atoms with van der Waals surface area (Å²) in [6.07, 6.45) is -5.67. The zero-order valence-corrected chi connectivity index (χ0v) is 21.3. The van der Waals surface area contributed by atoms with E-state index >= 15 is 0 Å². The molecule has 0 radical (unpaired) electrons. The summed E-state index contributed by atoms with van der Waals surface area (Å²) in [6, 6.07) is 19.5. The van der Waals surface area contributed by atoms with E-state index in [2.05, 4.69) is 4.18 Å². The Labute approximate surface area is 223 Å². The smallest absolute Gasteiger partial charge is 0.378 e. The first kappa shape index (κ1) is 29.8. The molecule has 1 aliphatic rings. The summed E-state index contributed by atoms with van der Waals surface area (Å²) in [5.41, 5.74) is 4.61. The van der Waals surface area contributed by atoms with Gasteiger partial charge < -0.3 is 4.18 Å². The Morgan fingerprint density at radius 2 is 1.35 bits per heavy atom. The van der Waals surface area contributed by atoms with E-state index in [0.717, 1.165) is 47.2 Å². The summed E-state index contributed by atoms with van der Waals surface area (Å²) in [5, 5.41) is -6.93. The van der Waals surface area contributed by atoms with E-state index in [9.17, 15) is 47.9 Å². The van der Waals surface area contributed by atoms with Crippen LogP contribution in [-0.4, -0.2) is 31.7 Å². The number of hydrogen-bond donors (Lipinski definition) is 0. The highest BCUT2D eigenvalue weighted by Gasteiger charge is 2.86.